The molecule has 0 bridgehead atoms. The Hall–Kier alpha value is -2.70. The van der Waals surface area contributed by atoms with Crippen LogP contribution in [0.3, 0.4) is 0 Å². The van der Waals surface area contributed by atoms with Crippen molar-refractivity contribution in [1.82, 2.24) is 5.32 Å². The number of nitrogens with one attached hydrogen (secondary N) is 2. The van der Waals surface area contributed by atoms with Gasteiger partial charge in [-0.05, 0) is 48.2 Å². The van der Waals surface area contributed by atoms with Gasteiger partial charge in [0.15, 0.2) is 6.54 Å². The molecule has 1 aromatic heterocycles. The number of likely N-dealkylation sites (N-methyl/N-ethyl adjacent to an activating group) is 1. The zero-order chi connectivity index (χ0) is 21.5. The number of hydrogen-bond acceptors (Lipinski definition) is 3. The van der Waals surface area contributed by atoms with Crippen LogP contribution in [0.15, 0.2) is 66.0 Å². The van der Waals surface area contributed by atoms with Crippen molar-refractivity contribution < 1.29 is 14.1 Å². The van der Waals surface area contributed by atoms with Crippen LogP contribution in [0.5, 0.6) is 0 Å². The predicted molar refractivity (Wildman–Crippen MR) is 122 cm³/mol. The summed E-state index contributed by atoms with van der Waals surface area (Å²) in [5.74, 6) is -0.295. The maximum absolute atomic E-state index is 13.4. The summed E-state index contributed by atoms with van der Waals surface area (Å²) < 4.78 is 13.4. The third-order valence-corrected chi connectivity index (χ3v) is 6.09. The van der Waals surface area contributed by atoms with Crippen LogP contribution in [0.2, 0.25) is 0 Å². The minimum atomic E-state index is -0.281. The van der Waals surface area contributed by atoms with E-state index in [2.05, 4.69) is 41.4 Å². The van der Waals surface area contributed by atoms with Crippen LogP contribution >= 0.6 is 11.3 Å². The molecule has 0 radical (unpaired) electrons. The average Bonchev–Trinajstić information content (AvgIpc) is 3.27. The number of benzene rings is 2. The fraction of sp³-hybridized carbons (Fsp3) is 0.292. The molecule has 0 fully saturated rings. The molecule has 0 aliphatic rings. The Balaban J connectivity index is 1.66. The highest BCUT2D eigenvalue weighted by atomic mass is 32.1. The van der Waals surface area contributed by atoms with Crippen LogP contribution < -0.4 is 15.1 Å². The van der Waals surface area contributed by atoms with Crippen molar-refractivity contribution in [2.24, 2.45) is 0 Å². The summed E-state index contributed by atoms with van der Waals surface area (Å²) in [6, 6.07) is 18.5. The standard InChI is InChI=1S/C24H28FN3OS/c1-4-28(16-18-7-13-21(14-8-18)27(2)3)17-23(29)26-24(22-6-5-15-30-22)19-9-11-20(25)12-10-19/h5-15,24H,4,16-17H2,1-3H3,(H,26,29)/p+1/t24-/m1/s1. The molecule has 0 saturated carbocycles. The molecule has 2 N–H and O–H groups in total. The maximum Gasteiger partial charge on any atom is 0.275 e. The lowest BCUT2D eigenvalue weighted by Crippen LogP contribution is -3.11. The Labute approximate surface area is 182 Å². The predicted octanol–water partition coefficient (Wildman–Crippen LogP) is 3.26. The molecule has 0 aliphatic carbocycles. The van der Waals surface area contributed by atoms with E-state index in [-0.39, 0.29) is 17.8 Å². The third-order valence-electron chi connectivity index (χ3n) is 5.15. The first kappa shape index (κ1) is 22.0. The van der Waals surface area contributed by atoms with Crippen molar-refractivity contribution in [2.75, 3.05) is 32.1 Å². The maximum atomic E-state index is 13.4. The number of anilines is 1. The zero-order valence-corrected chi connectivity index (χ0v) is 18.5. The molecule has 1 heterocycles. The zero-order valence-electron chi connectivity index (χ0n) is 17.7. The van der Waals surface area contributed by atoms with E-state index in [1.807, 2.05) is 31.6 Å². The van der Waals surface area contributed by atoms with Crippen LogP contribution in [0.25, 0.3) is 0 Å². The lowest BCUT2D eigenvalue weighted by atomic mass is 10.1. The first-order valence-electron chi connectivity index (χ1n) is 10.1. The Morgan fingerprint density at radius 3 is 2.37 bits per heavy atom. The van der Waals surface area contributed by atoms with Crippen LogP contribution in [-0.4, -0.2) is 33.1 Å². The van der Waals surface area contributed by atoms with E-state index >= 15 is 0 Å². The number of amides is 1. The topological polar surface area (TPSA) is 36.8 Å². The molecule has 1 amide bonds. The van der Waals surface area contributed by atoms with Crippen LogP contribution in [0.4, 0.5) is 10.1 Å². The molecule has 2 aromatic carbocycles. The lowest BCUT2D eigenvalue weighted by Gasteiger charge is -2.22. The van der Waals surface area contributed by atoms with Crippen molar-refractivity contribution in [2.45, 2.75) is 19.5 Å². The van der Waals surface area contributed by atoms with Gasteiger partial charge < -0.3 is 15.1 Å². The summed E-state index contributed by atoms with van der Waals surface area (Å²) in [5.41, 5.74) is 3.25. The summed E-state index contributed by atoms with van der Waals surface area (Å²) >= 11 is 1.58. The second-order valence-corrected chi connectivity index (χ2v) is 8.56. The molecule has 3 aromatic rings. The second-order valence-electron chi connectivity index (χ2n) is 7.59. The van der Waals surface area contributed by atoms with Crippen LogP contribution in [0, 0.1) is 5.82 Å². The number of halogens is 1. The van der Waals surface area contributed by atoms with Gasteiger partial charge in [-0.1, -0.05) is 30.3 Å². The second kappa shape index (κ2) is 10.4. The minimum absolute atomic E-state index is 0.0144. The smallest absolute Gasteiger partial charge is 0.275 e. The van der Waals surface area contributed by atoms with Gasteiger partial charge in [-0.25, -0.2) is 4.39 Å². The Morgan fingerprint density at radius 1 is 1.10 bits per heavy atom. The molecule has 2 atom stereocenters. The molecular weight excluding hydrogens is 397 g/mol. The first-order chi connectivity index (χ1) is 14.5. The number of rotatable bonds is 9. The Morgan fingerprint density at radius 2 is 1.80 bits per heavy atom. The van der Waals surface area contributed by atoms with Gasteiger partial charge in [0.05, 0.1) is 12.6 Å². The molecular formula is C24H29FN3OS+. The van der Waals surface area contributed by atoms with E-state index in [4.69, 9.17) is 0 Å². The molecule has 30 heavy (non-hydrogen) atoms. The fourth-order valence-electron chi connectivity index (χ4n) is 3.38. The number of hydrogen-bond donors (Lipinski definition) is 2. The van der Waals surface area contributed by atoms with Gasteiger partial charge in [0.25, 0.3) is 5.91 Å². The summed E-state index contributed by atoms with van der Waals surface area (Å²) in [4.78, 5) is 17.2. The summed E-state index contributed by atoms with van der Waals surface area (Å²) in [5, 5.41) is 5.14. The van der Waals surface area contributed by atoms with Crippen LogP contribution in [-0.2, 0) is 11.3 Å². The molecule has 0 saturated heterocycles. The average molecular weight is 427 g/mol. The Bertz CT molecular complexity index is 924. The molecule has 4 nitrogen and oxygen atoms in total. The largest absolute Gasteiger partial charge is 0.378 e. The van der Waals surface area contributed by atoms with Gasteiger partial charge in [-0.3, -0.25) is 4.79 Å². The highest BCUT2D eigenvalue weighted by Gasteiger charge is 2.21. The highest BCUT2D eigenvalue weighted by molar-refractivity contribution is 7.10. The van der Waals surface area contributed by atoms with E-state index in [0.29, 0.717) is 6.54 Å². The van der Waals surface area contributed by atoms with Gasteiger partial charge in [0.1, 0.15) is 12.4 Å². The molecule has 0 spiro atoms. The van der Waals surface area contributed by atoms with E-state index < -0.39 is 0 Å². The first-order valence-corrected chi connectivity index (χ1v) is 11.0. The van der Waals surface area contributed by atoms with Gasteiger partial charge in [0.2, 0.25) is 0 Å². The number of carbonyl (C=O) groups excluding carboxylic acids is 1. The normalized spacial score (nSPS) is 12.9. The molecule has 6 heteroatoms. The monoisotopic (exact) mass is 426 g/mol. The third kappa shape index (κ3) is 5.90. The molecule has 3 rings (SSSR count). The van der Waals surface area contributed by atoms with Crippen molar-refractivity contribution in [3.05, 3.63) is 87.9 Å². The van der Waals surface area contributed by atoms with Gasteiger partial charge in [0, 0.05) is 30.2 Å². The van der Waals surface area contributed by atoms with Gasteiger partial charge in [-0.15, -0.1) is 11.3 Å². The quantitative estimate of drug-likeness (QED) is 0.551. The molecule has 1 unspecified atom stereocenters. The fourth-order valence-corrected chi connectivity index (χ4v) is 4.18. The van der Waals surface area contributed by atoms with E-state index in [0.717, 1.165) is 29.2 Å². The van der Waals surface area contributed by atoms with E-state index in [1.54, 1.807) is 23.5 Å². The highest BCUT2D eigenvalue weighted by Crippen LogP contribution is 2.26. The number of quaternary nitrogens is 1. The van der Waals surface area contributed by atoms with Gasteiger partial charge in [-0.2, -0.15) is 0 Å². The SMILES string of the molecule is CC[NH+](CC(=O)N[C@H](c1ccc(F)cc1)c1cccs1)Cc1ccc(N(C)C)cc1. The number of thiophene rings is 1. The van der Waals surface area contributed by atoms with E-state index in [9.17, 15) is 9.18 Å². The van der Waals surface area contributed by atoms with Crippen molar-refractivity contribution in [3.8, 4) is 0 Å². The van der Waals surface area contributed by atoms with Crippen LogP contribution in [0.1, 0.15) is 29.0 Å². The van der Waals surface area contributed by atoms with Crippen molar-refractivity contribution >= 4 is 22.9 Å². The summed E-state index contributed by atoms with van der Waals surface area (Å²) in [7, 11) is 4.04. The number of nitrogens with zero attached hydrogens (tertiary/aromatic N) is 1. The van der Waals surface area contributed by atoms with E-state index in [1.165, 1.54) is 22.6 Å². The Kier molecular flexibility index (Phi) is 7.60. The van der Waals surface area contributed by atoms with Gasteiger partial charge >= 0.3 is 0 Å². The van der Waals surface area contributed by atoms with Crippen molar-refractivity contribution in [3.63, 3.8) is 0 Å². The molecule has 158 valence electrons. The summed E-state index contributed by atoms with van der Waals surface area (Å²) in [6.07, 6.45) is 0. The minimum Gasteiger partial charge on any atom is -0.378 e. The number of carbonyl (C=O) groups is 1. The lowest BCUT2D eigenvalue weighted by molar-refractivity contribution is -0.904. The summed E-state index contributed by atoms with van der Waals surface area (Å²) in [6.45, 7) is 4.11. The van der Waals surface area contributed by atoms with Crippen molar-refractivity contribution in [1.29, 1.82) is 0 Å². The molecule has 0 aliphatic heterocycles.